The van der Waals surface area contributed by atoms with Gasteiger partial charge in [0.1, 0.15) is 5.56 Å². The molecule has 6 nitrogen and oxygen atoms in total. The van der Waals surface area contributed by atoms with Crippen LogP contribution in [0.4, 0.5) is 5.69 Å². The molecule has 0 unspecified atom stereocenters. The standard InChI is InChI=1S/C31H35N3O3/c1-20-9-11-23(12-10-20)34-19-25-24(17-31(4,5)18-27(25)35)28(30(34)37)29(36)33-15-13-32(14-16-33)26-8-6-7-21(2)22(26)3/h6-12,19H,13-18H2,1-5H3. The average Bonchev–Trinajstić information content (AvgIpc) is 2.85. The summed E-state index contributed by atoms with van der Waals surface area (Å²) in [7, 11) is 0. The van der Waals surface area contributed by atoms with Gasteiger partial charge in [0, 0.05) is 55.7 Å². The number of aryl methyl sites for hydroxylation is 2. The highest BCUT2D eigenvalue weighted by Gasteiger charge is 2.37. The van der Waals surface area contributed by atoms with Gasteiger partial charge in [-0.3, -0.25) is 19.0 Å². The third-order valence-corrected chi connectivity index (χ3v) is 7.92. The van der Waals surface area contributed by atoms with E-state index in [1.807, 2.05) is 45.0 Å². The van der Waals surface area contributed by atoms with Crippen molar-refractivity contribution in [3.8, 4) is 5.69 Å². The Kier molecular flexibility index (Phi) is 6.30. The zero-order valence-corrected chi connectivity index (χ0v) is 22.4. The second kappa shape index (κ2) is 9.33. The van der Waals surface area contributed by atoms with Gasteiger partial charge in [0.25, 0.3) is 11.5 Å². The summed E-state index contributed by atoms with van der Waals surface area (Å²) in [5, 5.41) is 0. The molecule has 0 radical (unpaired) electrons. The lowest BCUT2D eigenvalue weighted by molar-refractivity contribution is 0.0742. The Bertz CT molecular complexity index is 1440. The quantitative estimate of drug-likeness (QED) is 0.517. The monoisotopic (exact) mass is 497 g/mol. The molecule has 0 N–H and O–H groups in total. The van der Waals surface area contributed by atoms with Crippen molar-refractivity contribution in [2.75, 3.05) is 31.1 Å². The molecule has 0 bridgehead atoms. The molecule has 192 valence electrons. The Labute approximate surface area is 218 Å². The second-order valence-corrected chi connectivity index (χ2v) is 11.3. The first kappa shape index (κ1) is 25.0. The Hall–Kier alpha value is -3.67. The lowest BCUT2D eigenvalue weighted by Crippen LogP contribution is -2.50. The van der Waals surface area contributed by atoms with E-state index in [0.717, 1.165) is 5.56 Å². The number of ketones is 1. The summed E-state index contributed by atoms with van der Waals surface area (Å²) < 4.78 is 1.48. The molecule has 1 aromatic heterocycles. The van der Waals surface area contributed by atoms with E-state index in [-0.39, 0.29) is 28.2 Å². The van der Waals surface area contributed by atoms with Crippen molar-refractivity contribution in [2.24, 2.45) is 5.41 Å². The molecule has 6 heteroatoms. The summed E-state index contributed by atoms with van der Waals surface area (Å²) in [5.41, 5.74) is 6.02. The van der Waals surface area contributed by atoms with Crippen LogP contribution in [0.3, 0.4) is 0 Å². The van der Waals surface area contributed by atoms with Crippen LogP contribution >= 0.6 is 0 Å². The summed E-state index contributed by atoms with van der Waals surface area (Å²) >= 11 is 0. The number of hydrogen-bond acceptors (Lipinski definition) is 4. The Morgan fingerprint density at radius 2 is 1.54 bits per heavy atom. The summed E-state index contributed by atoms with van der Waals surface area (Å²) in [6, 6.07) is 13.9. The number of rotatable bonds is 3. The molecular formula is C31H35N3O3. The van der Waals surface area contributed by atoms with E-state index >= 15 is 0 Å². The molecule has 0 saturated carbocycles. The van der Waals surface area contributed by atoms with E-state index in [1.165, 1.54) is 21.4 Å². The van der Waals surface area contributed by atoms with Crippen molar-refractivity contribution >= 4 is 17.4 Å². The predicted octanol–water partition coefficient (Wildman–Crippen LogP) is 4.88. The average molecular weight is 498 g/mol. The number of Topliss-reactive ketones (excluding diaryl/α,β-unsaturated/α-hetero) is 1. The molecule has 0 atom stereocenters. The number of pyridine rings is 1. The number of fused-ring (bicyclic) bond motifs is 1. The zero-order valence-electron chi connectivity index (χ0n) is 22.4. The van der Waals surface area contributed by atoms with E-state index in [4.69, 9.17) is 0 Å². The molecule has 0 spiro atoms. The molecular weight excluding hydrogens is 462 g/mol. The van der Waals surface area contributed by atoms with Crippen molar-refractivity contribution in [2.45, 2.75) is 47.5 Å². The minimum atomic E-state index is -0.352. The molecule has 2 aliphatic rings. The first-order valence-corrected chi connectivity index (χ1v) is 13.0. The highest BCUT2D eigenvalue weighted by molar-refractivity contribution is 6.04. The van der Waals surface area contributed by atoms with Crippen LogP contribution < -0.4 is 10.5 Å². The van der Waals surface area contributed by atoms with Crippen LogP contribution in [0.5, 0.6) is 0 Å². The van der Waals surface area contributed by atoms with Gasteiger partial charge in [-0.15, -0.1) is 0 Å². The third kappa shape index (κ3) is 4.61. The van der Waals surface area contributed by atoms with Crippen molar-refractivity contribution in [3.63, 3.8) is 0 Å². The number of anilines is 1. The van der Waals surface area contributed by atoms with E-state index < -0.39 is 0 Å². The van der Waals surface area contributed by atoms with Crippen molar-refractivity contribution in [1.29, 1.82) is 0 Å². The van der Waals surface area contributed by atoms with Gasteiger partial charge in [0.15, 0.2) is 5.78 Å². The number of hydrogen-bond donors (Lipinski definition) is 0. The number of benzene rings is 2. The van der Waals surface area contributed by atoms with Gasteiger partial charge >= 0.3 is 0 Å². The zero-order chi connectivity index (χ0) is 26.5. The smallest absolute Gasteiger partial charge is 0.268 e. The van der Waals surface area contributed by atoms with Crippen LogP contribution in [0.15, 0.2) is 53.5 Å². The van der Waals surface area contributed by atoms with E-state index in [1.54, 1.807) is 11.1 Å². The molecule has 2 heterocycles. The lowest BCUT2D eigenvalue weighted by Gasteiger charge is -2.38. The lowest BCUT2D eigenvalue weighted by atomic mass is 9.73. The summed E-state index contributed by atoms with van der Waals surface area (Å²) in [4.78, 5) is 45.2. The number of piperazine rings is 1. The maximum Gasteiger partial charge on any atom is 0.268 e. The van der Waals surface area contributed by atoms with Gasteiger partial charge in [0.05, 0.1) is 0 Å². The Balaban J connectivity index is 1.53. The van der Waals surface area contributed by atoms with Crippen LogP contribution in [0, 0.1) is 26.2 Å². The van der Waals surface area contributed by atoms with E-state index in [2.05, 4.69) is 36.9 Å². The summed E-state index contributed by atoms with van der Waals surface area (Å²) in [5.74, 6) is -0.283. The van der Waals surface area contributed by atoms with Gasteiger partial charge in [-0.1, -0.05) is 43.7 Å². The minimum Gasteiger partial charge on any atom is -0.368 e. The number of amides is 1. The maximum absolute atomic E-state index is 14.0. The van der Waals surface area contributed by atoms with Crippen LogP contribution in [0.25, 0.3) is 5.69 Å². The van der Waals surface area contributed by atoms with Crippen molar-refractivity contribution in [3.05, 3.63) is 92.4 Å². The first-order chi connectivity index (χ1) is 17.6. The molecule has 5 rings (SSSR count). The highest BCUT2D eigenvalue weighted by Crippen LogP contribution is 2.36. The molecule has 37 heavy (non-hydrogen) atoms. The number of carbonyl (C=O) groups is 2. The van der Waals surface area contributed by atoms with Gasteiger partial charge < -0.3 is 9.80 Å². The number of carbonyl (C=O) groups excluding carboxylic acids is 2. The first-order valence-electron chi connectivity index (χ1n) is 13.0. The van der Waals surface area contributed by atoms with Crippen LogP contribution in [0.2, 0.25) is 0 Å². The third-order valence-electron chi connectivity index (χ3n) is 7.92. The van der Waals surface area contributed by atoms with Gasteiger partial charge in [0.2, 0.25) is 0 Å². The summed E-state index contributed by atoms with van der Waals surface area (Å²) in [6.45, 7) is 12.7. The Morgan fingerprint density at radius 1 is 0.865 bits per heavy atom. The topological polar surface area (TPSA) is 62.6 Å². The maximum atomic E-state index is 14.0. The number of aromatic nitrogens is 1. The fraction of sp³-hybridized carbons (Fsp3) is 0.387. The molecule has 2 aromatic carbocycles. The second-order valence-electron chi connectivity index (χ2n) is 11.3. The Morgan fingerprint density at radius 3 is 2.22 bits per heavy atom. The molecule has 1 aliphatic carbocycles. The van der Waals surface area contributed by atoms with Crippen molar-refractivity contribution in [1.82, 2.24) is 9.47 Å². The van der Waals surface area contributed by atoms with E-state index in [0.29, 0.717) is 55.8 Å². The SMILES string of the molecule is Cc1ccc(-n2cc3c(c(C(=O)N4CCN(c5cccc(C)c5C)CC4)c2=O)CC(C)(C)CC3=O)cc1. The summed E-state index contributed by atoms with van der Waals surface area (Å²) in [6.07, 6.45) is 2.57. The highest BCUT2D eigenvalue weighted by atomic mass is 16.2. The molecule has 1 saturated heterocycles. The molecule has 1 aliphatic heterocycles. The van der Waals surface area contributed by atoms with Gasteiger partial charge in [-0.25, -0.2) is 0 Å². The normalized spacial score (nSPS) is 17.1. The van der Waals surface area contributed by atoms with Gasteiger partial charge in [-0.2, -0.15) is 0 Å². The molecule has 1 amide bonds. The van der Waals surface area contributed by atoms with Crippen LogP contribution in [0.1, 0.15) is 63.2 Å². The molecule has 1 fully saturated rings. The largest absolute Gasteiger partial charge is 0.368 e. The van der Waals surface area contributed by atoms with E-state index in [9.17, 15) is 14.4 Å². The minimum absolute atomic E-state index is 0.0131. The fourth-order valence-electron chi connectivity index (χ4n) is 5.65. The van der Waals surface area contributed by atoms with Crippen LogP contribution in [-0.4, -0.2) is 47.3 Å². The molecule has 3 aromatic rings. The predicted molar refractivity (Wildman–Crippen MR) is 147 cm³/mol. The van der Waals surface area contributed by atoms with Crippen molar-refractivity contribution < 1.29 is 9.59 Å². The fourth-order valence-corrected chi connectivity index (χ4v) is 5.65. The van der Waals surface area contributed by atoms with Gasteiger partial charge in [-0.05, 0) is 67.5 Å². The number of nitrogens with zero attached hydrogens (tertiary/aromatic N) is 3. The van der Waals surface area contributed by atoms with Crippen LogP contribution in [-0.2, 0) is 6.42 Å².